The van der Waals surface area contributed by atoms with E-state index in [1.54, 1.807) is 0 Å². The van der Waals surface area contributed by atoms with Crippen molar-refractivity contribution in [3.63, 3.8) is 0 Å². The first-order valence-electron chi connectivity index (χ1n) is 4.96. The number of ketones is 1. The minimum absolute atomic E-state index is 0.0588. The summed E-state index contributed by atoms with van der Waals surface area (Å²) < 4.78 is 49.8. The van der Waals surface area contributed by atoms with Gasteiger partial charge in [0, 0.05) is 11.3 Å². The van der Waals surface area contributed by atoms with E-state index in [-0.39, 0.29) is 12.3 Å². The monoisotopic (exact) mass is 261 g/mol. The highest BCUT2D eigenvalue weighted by Crippen LogP contribution is 2.30. The molecule has 0 fully saturated rings. The number of hydrogen-bond acceptors (Lipinski definition) is 2. The Bertz CT molecular complexity index is 528. The third-order valence-corrected chi connectivity index (χ3v) is 2.57. The number of amides is 1. The fourth-order valence-corrected chi connectivity index (χ4v) is 1.66. The van der Waals surface area contributed by atoms with Gasteiger partial charge in [-0.25, -0.2) is 8.78 Å². The highest BCUT2D eigenvalue weighted by atomic mass is 19.3. The molecule has 0 aromatic heterocycles. The molecule has 1 heterocycles. The van der Waals surface area contributed by atoms with Crippen molar-refractivity contribution < 1.29 is 27.2 Å². The Morgan fingerprint density at radius 3 is 2.61 bits per heavy atom. The van der Waals surface area contributed by atoms with Crippen molar-refractivity contribution in [1.82, 2.24) is 0 Å². The quantitative estimate of drug-likeness (QED) is 0.670. The molecule has 1 N–H and O–H groups in total. The number of halogens is 4. The topological polar surface area (TPSA) is 46.2 Å². The standard InChI is InChI=1S/C11H7F4NO2/c12-10(13)11(14,15)9(18)5-1-2-7-6(3-5)4-8(17)16-7/h1-3,10H,4H2,(H,16,17). The second-order valence-electron chi connectivity index (χ2n) is 3.85. The third kappa shape index (κ3) is 1.96. The van der Waals surface area contributed by atoms with E-state index in [1.165, 1.54) is 6.07 Å². The van der Waals surface area contributed by atoms with Crippen LogP contribution in [0, 0.1) is 0 Å². The van der Waals surface area contributed by atoms with Crippen LogP contribution in [-0.4, -0.2) is 24.0 Å². The Balaban J connectivity index is 2.34. The average Bonchev–Trinajstić information content (AvgIpc) is 2.66. The Morgan fingerprint density at radius 2 is 2.00 bits per heavy atom. The largest absolute Gasteiger partial charge is 0.368 e. The van der Waals surface area contributed by atoms with Gasteiger partial charge in [-0.2, -0.15) is 8.78 Å². The molecule has 3 nitrogen and oxygen atoms in total. The third-order valence-electron chi connectivity index (χ3n) is 2.57. The van der Waals surface area contributed by atoms with Crippen molar-refractivity contribution in [3.8, 4) is 0 Å². The van der Waals surface area contributed by atoms with Gasteiger partial charge in [-0.05, 0) is 23.8 Å². The molecule has 1 aromatic rings. The van der Waals surface area contributed by atoms with Gasteiger partial charge in [-0.3, -0.25) is 9.59 Å². The lowest BCUT2D eigenvalue weighted by molar-refractivity contribution is -0.115. The van der Waals surface area contributed by atoms with Crippen LogP contribution in [0.5, 0.6) is 0 Å². The van der Waals surface area contributed by atoms with Crippen LogP contribution >= 0.6 is 0 Å². The van der Waals surface area contributed by atoms with Gasteiger partial charge < -0.3 is 5.32 Å². The molecule has 1 amide bonds. The van der Waals surface area contributed by atoms with Gasteiger partial charge in [0.15, 0.2) is 0 Å². The van der Waals surface area contributed by atoms with Crippen LogP contribution in [0.3, 0.4) is 0 Å². The van der Waals surface area contributed by atoms with E-state index in [0.29, 0.717) is 11.3 Å². The molecule has 0 saturated heterocycles. The molecule has 1 aliphatic rings. The predicted octanol–water partition coefficient (Wildman–Crippen LogP) is 2.26. The van der Waals surface area contributed by atoms with Gasteiger partial charge in [0.2, 0.25) is 11.7 Å². The minimum atomic E-state index is -4.72. The molecule has 0 saturated carbocycles. The summed E-state index contributed by atoms with van der Waals surface area (Å²) in [6.45, 7) is 0. The maximum atomic E-state index is 12.9. The number of rotatable bonds is 3. The Kier molecular flexibility index (Phi) is 2.84. The van der Waals surface area contributed by atoms with Crippen molar-refractivity contribution in [1.29, 1.82) is 0 Å². The summed E-state index contributed by atoms with van der Waals surface area (Å²) in [6, 6.07) is 3.27. The van der Waals surface area contributed by atoms with Crippen molar-refractivity contribution in [2.75, 3.05) is 5.32 Å². The SMILES string of the molecule is O=C1Cc2cc(C(=O)C(F)(F)C(F)F)ccc2N1. The van der Waals surface area contributed by atoms with Gasteiger partial charge in [-0.15, -0.1) is 0 Å². The van der Waals surface area contributed by atoms with E-state index in [4.69, 9.17) is 0 Å². The summed E-state index contributed by atoms with van der Waals surface area (Å²) in [4.78, 5) is 22.3. The fraction of sp³-hybridized carbons (Fsp3) is 0.273. The molecule has 0 aliphatic carbocycles. The number of alkyl halides is 4. The number of nitrogens with one attached hydrogen (secondary N) is 1. The predicted molar refractivity (Wildman–Crippen MR) is 54.1 cm³/mol. The highest BCUT2D eigenvalue weighted by Gasteiger charge is 2.49. The zero-order valence-corrected chi connectivity index (χ0v) is 8.84. The number of fused-ring (bicyclic) bond motifs is 1. The average molecular weight is 261 g/mol. The highest BCUT2D eigenvalue weighted by molar-refractivity contribution is 6.04. The second kappa shape index (κ2) is 4.08. The smallest absolute Gasteiger partial charge is 0.326 e. The number of carbonyl (C=O) groups excluding carboxylic acids is 2. The first-order valence-corrected chi connectivity index (χ1v) is 4.96. The first kappa shape index (κ1) is 12.5. The molecule has 0 bridgehead atoms. The number of benzene rings is 1. The van der Waals surface area contributed by atoms with Crippen molar-refractivity contribution in [2.24, 2.45) is 0 Å². The van der Waals surface area contributed by atoms with E-state index in [9.17, 15) is 27.2 Å². The van der Waals surface area contributed by atoms with Crippen LogP contribution in [0.1, 0.15) is 15.9 Å². The van der Waals surface area contributed by atoms with Crippen LogP contribution in [0.4, 0.5) is 23.2 Å². The lowest BCUT2D eigenvalue weighted by Crippen LogP contribution is -2.36. The van der Waals surface area contributed by atoms with Gasteiger partial charge in [0.05, 0.1) is 6.42 Å². The summed E-state index contributed by atoms with van der Waals surface area (Å²) in [5.74, 6) is -7.00. The molecular weight excluding hydrogens is 254 g/mol. The van der Waals surface area contributed by atoms with E-state index in [1.807, 2.05) is 0 Å². The molecule has 1 aromatic carbocycles. The van der Waals surface area contributed by atoms with Crippen molar-refractivity contribution in [3.05, 3.63) is 29.3 Å². The van der Waals surface area contributed by atoms with Crippen LogP contribution in [0.2, 0.25) is 0 Å². The second-order valence-corrected chi connectivity index (χ2v) is 3.85. The molecule has 0 atom stereocenters. The molecule has 7 heteroatoms. The van der Waals surface area contributed by atoms with E-state index < -0.39 is 23.7 Å². The molecule has 0 radical (unpaired) electrons. The van der Waals surface area contributed by atoms with E-state index in [2.05, 4.69) is 5.32 Å². The van der Waals surface area contributed by atoms with Gasteiger partial charge in [0.1, 0.15) is 0 Å². The number of anilines is 1. The van der Waals surface area contributed by atoms with Crippen LogP contribution in [0.15, 0.2) is 18.2 Å². The van der Waals surface area contributed by atoms with Gasteiger partial charge in [0.25, 0.3) is 0 Å². The Hall–Kier alpha value is -1.92. The van der Waals surface area contributed by atoms with Crippen LogP contribution < -0.4 is 5.32 Å². The van der Waals surface area contributed by atoms with Crippen molar-refractivity contribution in [2.45, 2.75) is 18.8 Å². The maximum Gasteiger partial charge on any atom is 0.368 e. The van der Waals surface area contributed by atoms with Gasteiger partial charge >= 0.3 is 12.3 Å². The summed E-state index contributed by atoms with van der Waals surface area (Å²) in [5, 5.41) is 2.44. The van der Waals surface area contributed by atoms with Crippen LogP contribution in [0.25, 0.3) is 0 Å². The molecule has 0 unspecified atom stereocenters. The molecule has 0 spiro atoms. The minimum Gasteiger partial charge on any atom is -0.326 e. The summed E-state index contributed by atoms with van der Waals surface area (Å²) in [7, 11) is 0. The number of hydrogen-bond donors (Lipinski definition) is 1. The lowest BCUT2D eigenvalue weighted by atomic mass is 10.0. The van der Waals surface area contributed by atoms with Gasteiger partial charge in [-0.1, -0.05) is 0 Å². The summed E-state index contributed by atoms with van der Waals surface area (Å²) in [6.07, 6.45) is -4.12. The molecule has 96 valence electrons. The lowest BCUT2D eigenvalue weighted by Gasteiger charge is -2.14. The molecule has 1 aliphatic heterocycles. The molecular formula is C11H7F4NO2. The Labute approximate surface area is 98.8 Å². The van der Waals surface area contributed by atoms with Crippen molar-refractivity contribution >= 4 is 17.4 Å². The van der Waals surface area contributed by atoms with E-state index in [0.717, 1.165) is 12.1 Å². The fourth-order valence-electron chi connectivity index (χ4n) is 1.66. The Morgan fingerprint density at radius 1 is 1.33 bits per heavy atom. The number of Topliss-reactive ketones (excluding diaryl/α,β-unsaturated/α-hetero) is 1. The maximum absolute atomic E-state index is 12.9. The van der Waals surface area contributed by atoms with Crippen LogP contribution in [-0.2, 0) is 11.2 Å². The number of carbonyl (C=O) groups is 2. The van der Waals surface area contributed by atoms with E-state index >= 15 is 0 Å². The zero-order valence-electron chi connectivity index (χ0n) is 8.84. The zero-order chi connectivity index (χ0) is 13.5. The first-order chi connectivity index (χ1) is 8.32. The molecule has 2 rings (SSSR count). The summed E-state index contributed by atoms with van der Waals surface area (Å²) in [5.41, 5.74) is 0.211. The molecule has 18 heavy (non-hydrogen) atoms. The summed E-state index contributed by atoms with van der Waals surface area (Å²) >= 11 is 0. The normalized spacial score (nSPS) is 14.6.